The molecule has 12 heavy (non-hydrogen) atoms. The van der Waals surface area contributed by atoms with E-state index in [1.807, 2.05) is 30.3 Å². The summed E-state index contributed by atoms with van der Waals surface area (Å²) in [5.74, 6) is 0. The van der Waals surface area contributed by atoms with Crippen molar-refractivity contribution in [2.45, 2.75) is 0 Å². The maximum absolute atomic E-state index is 2.13. The van der Waals surface area contributed by atoms with Gasteiger partial charge >= 0.3 is 69.3 Å². The summed E-state index contributed by atoms with van der Waals surface area (Å²) < 4.78 is 1.45. The van der Waals surface area contributed by atoms with Crippen LogP contribution in [-0.4, -0.2) is 24.7 Å². The molecule has 0 aliphatic carbocycles. The van der Waals surface area contributed by atoms with Gasteiger partial charge in [0.25, 0.3) is 0 Å². The molecular formula is C10H9BiFe. The van der Waals surface area contributed by atoms with E-state index in [0.717, 1.165) is 0 Å². The molecule has 2 aromatic rings. The van der Waals surface area contributed by atoms with E-state index < -0.39 is 0 Å². The van der Waals surface area contributed by atoms with Crippen molar-refractivity contribution in [2.75, 3.05) is 0 Å². The van der Waals surface area contributed by atoms with Crippen molar-refractivity contribution < 1.29 is 17.1 Å². The van der Waals surface area contributed by atoms with Gasteiger partial charge in [0.1, 0.15) is 0 Å². The van der Waals surface area contributed by atoms with E-state index in [2.05, 4.69) is 24.3 Å². The third kappa shape index (κ3) is 5.71. The fraction of sp³-hybridized carbons (Fsp3) is 0. The first-order valence-corrected chi connectivity index (χ1v) is 5.21. The minimum absolute atomic E-state index is 0. The van der Waals surface area contributed by atoms with E-state index >= 15 is 0 Å². The molecule has 0 unspecified atom stereocenters. The molecule has 2 aromatic carbocycles. The van der Waals surface area contributed by atoms with Crippen LogP contribution in [0.5, 0.6) is 0 Å². The van der Waals surface area contributed by atoms with Crippen LogP contribution in [0, 0.1) is 0 Å². The molecular weight excluding hydrogens is 385 g/mol. The van der Waals surface area contributed by atoms with Crippen molar-refractivity contribution in [3.63, 3.8) is 0 Å². The van der Waals surface area contributed by atoms with Crippen LogP contribution in [-0.2, 0) is 17.1 Å². The number of hydrogen-bond donors (Lipinski definition) is 0. The summed E-state index contributed by atoms with van der Waals surface area (Å²) in [5.41, 5.74) is 0. The Balaban J connectivity index is 0.000000189. The monoisotopic (exact) mass is 394 g/mol. The molecule has 2 rings (SSSR count). The molecule has 0 amide bonds. The van der Waals surface area contributed by atoms with Gasteiger partial charge in [0.2, 0.25) is 0 Å². The Morgan fingerprint density at radius 2 is 1.42 bits per heavy atom. The fourth-order valence-electron chi connectivity index (χ4n) is 0.685. The Morgan fingerprint density at radius 3 is 1.58 bits per heavy atom. The van der Waals surface area contributed by atoms with E-state index in [0.29, 0.717) is 0 Å². The second kappa shape index (κ2) is 7.74. The molecule has 0 nitrogen and oxygen atoms in total. The van der Waals surface area contributed by atoms with Gasteiger partial charge in [-0.2, -0.15) is 18.2 Å². The zero-order valence-corrected chi connectivity index (χ0v) is 11.1. The maximum atomic E-state index is 2.13. The summed E-state index contributed by atoms with van der Waals surface area (Å²) in [6, 6.07) is 18.4. The zero-order chi connectivity index (χ0) is 7.94. The van der Waals surface area contributed by atoms with E-state index in [4.69, 9.17) is 0 Å². The third-order valence-electron chi connectivity index (χ3n) is 1.20. The van der Waals surface area contributed by atoms with Gasteiger partial charge in [-0.05, 0) is 0 Å². The van der Waals surface area contributed by atoms with Crippen molar-refractivity contribution in [2.24, 2.45) is 0 Å². The molecule has 0 atom stereocenters. The van der Waals surface area contributed by atoms with E-state index in [1.165, 1.54) is 28.0 Å². The van der Waals surface area contributed by atoms with Gasteiger partial charge in [0.15, 0.2) is 0 Å². The summed E-state index contributed by atoms with van der Waals surface area (Å²) in [5, 5.41) is 0. The normalized spacial score (nSPS) is 7.75. The summed E-state index contributed by atoms with van der Waals surface area (Å²) in [6.45, 7) is 0. The molecule has 0 aliphatic rings. The van der Waals surface area contributed by atoms with Crippen molar-refractivity contribution in [3.8, 4) is 0 Å². The average Bonchev–Trinajstić information content (AvgIpc) is 2.57. The first-order valence-electron chi connectivity index (χ1n) is 3.47. The molecule has 0 aromatic heterocycles. The number of hydrogen-bond acceptors (Lipinski definition) is 0. The second-order valence-corrected chi connectivity index (χ2v) is 4.11. The Hall–Kier alpha value is 0.103. The quantitative estimate of drug-likeness (QED) is 0.471. The Kier molecular flexibility index (Phi) is 7.80. The van der Waals surface area contributed by atoms with Gasteiger partial charge < -0.3 is 0 Å². The van der Waals surface area contributed by atoms with Gasteiger partial charge in [0.05, 0.1) is 0 Å². The van der Waals surface area contributed by atoms with E-state index in [1.54, 1.807) is 0 Å². The molecule has 0 fully saturated rings. The van der Waals surface area contributed by atoms with Gasteiger partial charge in [-0.15, -0.1) is 0 Å². The van der Waals surface area contributed by atoms with Crippen LogP contribution in [0.4, 0.5) is 0 Å². The van der Waals surface area contributed by atoms with Crippen LogP contribution in [0.3, 0.4) is 0 Å². The summed E-state index contributed by atoms with van der Waals surface area (Å²) in [4.78, 5) is 0. The van der Waals surface area contributed by atoms with Crippen molar-refractivity contribution in [1.29, 1.82) is 0 Å². The minimum Gasteiger partial charge on any atom is -0.214 e. The van der Waals surface area contributed by atoms with Crippen LogP contribution < -0.4 is 3.27 Å². The predicted molar refractivity (Wildman–Crippen MR) is 49.5 cm³/mol. The Bertz CT molecular complexity index is 228. The van der Waals surface area contributed by atoms with Crippen LogP contribution in [0.1, 0.15) is 0 Å². The van der Waals surface area contributed by atoms with Crippen molar-refractivity contribution in [1.82, 2.24) is 0 Å². The van der Waals surface area contributed by atoms with Crippen molar-refractivity contribution >= 4 is 28.0 Å². The van der Waals surface area contributed by atoms with Gasteiger partial charge in [-0.1, -0.05) is 0 Å². The molecule has 2 radical (unpaired) electrons. The average molecular weight is 394 g/mol. The molecule has 0 bridgehead atoms. The van der Waals surface area contributed by atoms with Gasteiger partial charge in [-0.3, -0.25) is 0 Å². The Morgan fingerprint density at radius 1 is 0.917 bits per heavy atom. The standard InChI is InChI=1S/C5H5.C5H4.Bi.Fe/c2*1-2-4-5-3-1;;/h1-5H;1-4H;;/q2*-1;;+2. The molecule has 0 spiro atoms. The first-order chi connectivity index (χ1) is 5.39. The molecule has 0 N–H and O–H groups in total. The van der Waals surface area contributed by atoms with Crippen LogP contribution in [0.25, 0.3) is 0 Å². The first kappa shape index (κ1) is 12.1. The topological polar surface area (TPSA) is 0 Å². The number of rotatable bonds is 0. The maximum Gasteiger partial charge on any atom is 2.00 e. The molecule has 2 heteroatoms. The molecule has 0 saturated heterocycles. The molecule has 0 heterocycles. The van der Waals surface area contributed by atoms with Crippen LogP contribution in [0.2, 0.25) is 0 Å². The second-order valence-electron chi connectivity index (χ2n) is 2.11. The van der Waals surface area contributed by atoms with E-state index in [9.17, 15) is 0 Å². The van der Waals surface area contributed by atoms with Gasteiger partial charge in [0, 0.05) is 0 Å². The molecule has 62 valence electrons. The van der Waals surface area contributed by atoms with E-state index in [-0.39, 0.29) is 17.1 Å². The summed E-state index contributed by atoms with van der Waals surface area (Å²) in [6.07, 6.45) is 0. The van der Waals surface area contributed by atoms with Gasteiger partial charge in [-0.25, -0.2) is 12.1 Å². The smallest absolute Gasteiger partial charge is 0.214 e. The predicted octanol–water partition coefficient (Wildman–Crippen LogP) is 1.60. The zero-order valence-electron chi connectivity index (χ0n) is 6.50. The van der Waals surface area contributed by atoms with Crippen LogP contribution in [0.15, 0.2) is 54.6 Å². The fourth-order valence-corrected chi connectivity index (χ4v) is 1.35. The molecule has 0 saturated carbocycles. The minimum atomic E-state index is 0. The largest absolute Gasteiger partial charge is 2.00 e. The van der Waals surface area contributed by atoms with Crippen LogP contribution >= 0.6 is 0 Å². The Labute approximate surface area is 99.0 Å². The molecule has 0 aliphatic heterocycles. The summed E-state index contributed by atoms with van der Waals surface area (Å²) >= 11 is 1.37. The SMILES string of the molecule is [Bi][c-]1cccc1.[Fe+2].c1cc[cH-]c1. The van der Waals surface area contributed by atoms with Crippen molar-refractivity contribution in [3.05, 3.63) is 54.6 Å². The summed E-state index contributed by atoms with van der Waals surface area (Å²) in [7, 11) is 0. The third-order valence-corrected chi connectivity index (χ3v) is 2.36.